The minimum atomic E-state index is -4.69. The third-order valence-corrected chi connectivity index (χ3v) is 16.5. The molecule has 0 aliphatic carbocycles. The van der Waals surface area contributed by atoms with Gasteiger partial charge in [0.2, 0.25) is 5.91 Å². The molecule has 0 aromatic carbocycles. The molecule has 79 heavy (non-hydrogen) atoms. The fraction of sp³-hybridized carbons (Fsp3) is 0.884. The Bertz CT molecular complexity index is 1450. The predicted molar refractivity (Wildman–Crippen MR) is 340 cm³/mol. The first-order chi connectivity index (χ1) is 38.4. The summed E-state index contributed by atoms with van der Waals surface area (Å²) in [4.78, 5) is 40.0. The van der Waals surface area contributed by atoms with Crippen LogP contribution in [0.4, 0.5) is 0 Å². The molecule has 0 saturated heterocycles. The number of ether oxygens (including phenoxy) is 1. The second-order valence-corrected chi connectivity index (χ2v) is 26.1. The highest BCUT2D eigenvalue weighted by molar-refractivity contribution is 7.45. The monoisotopic (exact) mass is 1130 g/mol. The van der Waals surface area contributed by atoms with Crippen molar-refractivity contribution in [2.24, 2.45) is 0 Å². The largest absolute Gasteiger partial charge is 0.756 e. The number of amides is 1. The zero-order chi connectivity index (χ0) is 57.9. The maximum absolute atomic E-state index is 13.5. The van der Waals surface area contributed by atoms with Crippen LogP contribution in [0.1, 0.15) is 342 Å². The average Bonchev–Trinajstić information content (AvgIpc) is 3.41. The summed E-state index contributed by atoms with van der Waals surface area (Å²) in [6, 6.07) is -0.882. The van der Waals surface area contributed by atoms with Gasteiger partial charge in [0.05, 0.1) is 33.8 Å². The summed E-state index contributed by atoms with van der Waals surface area (Å²) in [5.41, 5.74) is 0. The second kappa shape index (κ2) is 59.4. The highest BCUT2D eigenvalue weighted by Gasteiger charge is 2.27. The van der Waals surface area contributed by atoms with Gasteiger partial charge in [-0.3, -0.25) is 14.2 Å². The molecule has 0 aromatic heterocycles. The van der Waals surface area contributed by atoms with E-state index in [9.17, 15) is 19.0 Å². The topological polar surface area (TPSA) is 114 Å². The second-order valence-electron chi connectivity index (χ2n) is 24.7. The van der Waals surface area contributed by atoms with Crippen LogP contribution < -0.4 is 10.2 Å². The number of hydrogen-bond acceptors (Lipinski definition) is 7. The molecule has 0 saturated carbocycles. The number of phosphoric ester groups is 1. The number of allylic oxidation sites excluding steroid dienone is 5. The van der Waals surface area contributed by atoms with Crippen molar-refractivity contribution in [1.82, 2.24) is 5.32 Å². The van der Waals surface area contributed by atoms with Crippen LogP contribution in [0.2, 0.25) is 0 Å². The summed E-state index contributed by atoms with van der Waals surface area (Å²) in [6.07, 6.45) is 72.7. The van der Waals surface area contributed by atoms with E-state index in [1.54, 1.807) is 0 Å². The Labute approximate surface area is 491 Å². The number of hydrogen-bond donors (Lipinski definition) is 1. The third kappa shape index (κ3) is 60.6. The van der Waals surface area contributed by atoms with Crippen molar-refractivity contribution < 1.29 is 37.3 Å². The summed E-state index contributed by atoms with van der Waals surface area (Å²) in [7, 11) is 1.20. The number of rotatable bonds is 63. The minimum Gasteiger partial charge on any atom is -0.756 e. The molecule has 0 aromatic rings. The zero-order valence-electron chi connectivity index (χ0n) is 53.3. The molecule has 466 valence electrons. The van der Waals surface area contributed by atoms with E-state index in [1.807, 2.05) is 33.3 Å². The van der Waals surface area contributed by atoms with Gasteiger partial charge in [-0.05, 0) is 63.9 Å². The number of likely N-dealkylation sites (N-methyl/N-ethyl adjacent to an activating group) is 1. The Morgan fingerprint density at radius 1 is 0.443 bits per heavy atom. The number of nitrogens with one attached hydrogen (secondary N) is 1. The van der Waals surface area contributed by atoms with Crippen LogP contribution in [0.3, 0.4) is 0 Å². The van der Waals surface area contributed by atoms with Gasteiger partial charge in [0, 0.05) is 12.8 Å². The summed E-state index contributed by atoms with van der Waals surface area (Å²) in [6.45, 7) is 6.86. The maximum Gasteiger partial charge on any atom is 0.306 e. The van der Waals surface area contributed by atoms with Crippen LogP contribution in [0, 0.1) is 0 Å². The molecule has 0 bridgehead atoms. The SMILES string of the molecule is CCCCC/C=C\C/C=C\CCCCCCCCCCCCCCCCCCCC(=O)OC(/C=C\CCCCCCCCCCC)C(COP(=O)([O-])OCC[N+](C)(C)C)NC(=O)CCCCCCCCCCCCCCCCC. The lowest BCUT2D eigenvalue weighted by Crippen LogP contribution is -2.47. The quantitative estimate of drug-likeness (QED) is 0.0212. The van der Waals surface area contributed by atoms with Gasteiger partial charge in [-0.25, -0.2) is 0 Å². The third-order valence-electron chi connectivity index (χ3n) is 15.6. The number of quaternary nitrogens is 1. The molecular weight excluding hydrogens is 1000 g/mol. The van der Waals surface area contributed by atoms with Crippen molar-refractivity contribution in [3.05, 3.63) is 36.5 Å². The van der Waals surface area contributed by atoms with E-state index in [0.717, 1.165) is 64.2 Å². The van der Waals surface area contributed by atoms with Gasteiger partial charge in [-0.15, -0.1) is 0 Å². The molecule has 0 aliphatic rings. The molecule has 0 heterocycles. The molecule has 10 heteroatoms. The van der Waals surface area contributed by atoms with Crippen molar-refractivity contribution >= 4 is 19.7 Å². The molecule has 0 spiro atoms. The van der Waals surface area contributed by atoms with Gasteiger partial charge in [0.1, 0.15) is 19.3 Å². The first-order valence-corrected chi connectivity index (χ1v) is 35.8. The number of esters is 1. The molecule has 3 atom stereocenters. The molecule has 0 radical (unpaired) electrons. The lowest BCUT2D eigenvalue weighted by atomic mass is 10.0. The van der Waals surface area contributed by atoms with Crippen LogP contribution in [0.25, 0.3) is 0 Å². The molecule has 1 N–H and O–H groups in total. The van der Waals surface area contributed by atoms with Crippen molar-refractivity contribution in [2.75, 3.05) is 40.9 Å². The lowest BCUT2D eigenvalue weighted by Gasteiger charge is -2.30. The zero-order valence-corrected chi connectivity index (χ0v) is 54.2. The van der Waals surface area contributed by atoms with Crippen LogP contribution in [0.5, 0.6) is 0 Å². The van der Waals surface area contributed by atoms with Crippen molar-refractivity contribution in [2.45, 2.75) is 354 Å². The number of carbonyl (C=O) groups is 2. The Balaban J connectivity index is 4.95. The Kier molecular flexibility index (Phi) is 58.1. The van der Waals surface area contributed by atoms with E-state index in [-0.39, 0.29) is 31.5 Å². The van der Waals surface area contributed by atoms with Gasteiger partial charge < -0.3 is 28.5 Å². The number of phosphoric acid groups is 1. The molecule has 9 nitrogen and oxygen atoms in total. The van der Waals surface area contributed by atoms with E-state index >= 15 is 0 Å². The summed E-state index contributed by atoms with van der Waals surface area (Å²) < 4.78 is 30.4. The highest BCUT2D eigenvalue weighted by atomic mass is 31.2. The predicted octanol–water partition coefficient (Wildman–Crippen LogP) is 20.8. The molecule has 0 fully saturated rings. The Hall–Kier alpha value is -1.77. The molecule has 0 aliphatic heterocycles. The fourth-order valence-electron chi connectivity index (χ4n) is 10.3. The minimum absolute atomic E-state index is 0.0188. The maximum atomic E-state index is 13.5. The van der Waals surface area contributed by atoms with Gasteiger partial charge in [-0.1, -0.05) is 302 Å². The molecule has 1 amide bonds. The summed E-state index contributed by atoms with van der Waals surface area (Å²) >= 11 is 0. The summed E-state index contributed by atoms with van der Waals surface area (Å²) in [5, 5.41) is 3.04. The Morgan fingerprint density at radius 3 is 1.16 bits per heavy atom. The van der Waals surface area contributed by atoms with E-state index in [0.29, 0.717) is 17.4 Å². The van der Waals surface area contributed by atoms with E-state index in [4.69, 9.17) is 13.8 Å². The average molecular weight is 1130 g/mol. The fourth-order valence-corrected chi connectivity index (χ4v) is 11.0. The molecular formula is C69H133N2O7P. The number of nitrogens with zero attached hydrogens (tertiary/aromatic N) is 1. The Morgan fingerprint density at radius 2 is 0.772 bits per heavy atom. The van der Waals surface area contributed by atoms with E-state index in [2.05, 4.69) is 50.4 Å². The van der Waals surface area contributed by atoms with Crippen molar-refractivity contribution in [1.29, 1.82) is 0 Å². The smallest absolute Gasteiger partial charge is 0.306 e. The first kappa shape index (κ1) is 77.2. The van der Waals surface area contributed by atoms with Gasteiger partial charge >= 0.3 is 5.97 Å². The standard InChI is InChI=1S/C69H133N2O7P/c1-7-10-13-16-19-22-25-27-29-30-31-32-33-34-35-36-37-38-39-40-42-44-47-50-53-56-59-62-69(73)78-67(60-57-54-51-48-45-24-21-18-15-12-9-3)66(65-77-79(74,75)76-64-63-71(4,5)6)70-68(72)61-58-55-52-49-46-43-41-28-26-23-20-17-14-11-8-2/h19,22,27,29,57,60,66-67H,7-18,20-21,23-26,28,30-56,58-59,61-65H2,1-6H3,(H-,70,72,74,75)/b22-19-,29-27-,60-57-. The lowest BCUT2D eigenvalue weighted by molar-refractivity contribution is -0.870. The molecule has 3 unspecified atom stereocenters. The van der Waals surface area contributed by atoms with Gasteiger partial charge in [0.25, 0.3) is 7.82 Å². The molecule has 0 rings (SSSR count). The van der Waals surface area contributed by atoms with Crippen LogP contribution in [-0.2, 0) is 27.9 Å². The van der Waals surface area contributed by atoms with E-state index < -0.39 is 20.0 Å². The summed E-state index contributed by atoms with van der Waals surface area (Å²) in [5.74, 6) is -0.523. The van der Waals surface area contributed by atoms with Crippen molar-refractivity contribution in [3.63, 3.8) is 0 Å². The normalized spacial score (nSPS) is 13.8. The van der Waals surface area contributed by atoms with Gasteiger partial charge in [0.15, 0.2) is 0 Å². The van der Waals surface area contributed by atoms with E-state index in [1.165, 1.54) is 244 Å². The number of carbonyl (C=O) groups excluding carboxylic acids is 2. The van der Waals surface area contributed by atoms with Crippen LogP contribution in [-0.4, -0.2) is 69.4 Å². The first-order valence-electron chi connectivity index (χ1n) is 34.3. The van der Waals surface area contributed by atoms with Gasteiger partial charge in [-0.2, -0.15) is 0 Å². The van der Waals surface area contributed by atoms with Crippen LogP contribution in [0.15, 0.2) is 36.5 Å². The van der Waals surface area contributed by atoms with Crippen LogP contribution >= 0.6 is 7.82 Å². The number of unbranched alkanes of at least 4 members (excludes halogenated alkanes) is 43. The van der Waals surface area contributed by atoms with Crippen molar-refractivity contribution in [3.8, 4) is 0 Å². The highest BCUT2D eigenvalue weighted by Crippen LogP contribution is 2.38.